The monoisotopic (exact) mass is 572 g/mol. The first-order valence-corrected chi connectivity index (χ1v) is 13.4. The van der Waals surface area contributed by atoms with E-state index >= 15 is 0 Å². The predicted octanol–water partition coefficient (Wildman–Crippen LogP) is -0.176. The van der Waals surface area contributed by atoms with E-state index in [1.165, 1.54) is 31.1 Å². The van der Waals surface area contributed by atoms with E-state index in [1.54, 1.807) is 6.92 Å². The molecule has 13 heteroatoms. The lowest BCUT2D eigenvalue weighted by Crippen LogP contribution is -2.70. The second-order valence-electron chi connectivity index (χ2n) is 11.1. The van der Waals surface area contributed by atoms with Crippen LogP contribution in [-0.2, 0) is 19.2 Å². The lowest BCUT2D eigenvalue weighted by Gasteiger charge is -2.53. The molecule has 13 nitrogen and oxygen atoms in total. The summed E-state index contributed by atoms with van der Waals surface area (Å²) < 4.78 is 0. The van der Waals surface area contributed by atoms with Crippen LogP contribution < -0.4 is 16.4 Å². The van der Waals surface area contributed by atoms with Crippen LogP contribution in [0.1, 0.15) is 43.7 Å². The number of ketones is 2. The van der Waals surface area contributed by atoms with E-state index in [9.17, 15) is 44.7 Å². The molecule has 0 bridgehead atoms. The molecule has 3 aliphatic rings. The van der Waals surface area contributed by atoms with E-state index in [2.05, 4.69) is 10.6 Å². The number of aliphatic hydroxyl groups excluding tert-OH is 3. The Bertz CT molecular complexity index is 1380. The molecule has 0 radical (unpaired) electrons. The third kappa shape index (κ3) is 4.49. The van der Waals surface area contributed by atoms with E-state index < -0.39 is 87.3 Å². The number of carbonyl (C=O) groups excluding carboxylic acids is 4. The molecule has 3 aliphatic carbocycles. The molecule has 1 fully saturated rings. The van der Waals surface area contributed by atoms with Crippen molar-refractivity contribution in [2.45, 2.75) is 50.4 Å². The molecule has 1 unspecified atom stereocenters. The fourth-order valence-electron chi connectivity index (χ4n) is 6.42. The third-order valence-electron chi connectivity index (χ3n) is 8.40. The number of carbonyl (C=O) groups is 4. The highest BCUT2D eigenvalue weighted by atomic mass is 16.4. The number of aliphatic hydroxyl groups is 4. The van der Waals surface area contributed by atoms with Gasteiger partial charge in [-0.05, 0) is 44.6 Å². The number of rotatable bonds is 8. The molecule has 6 atom stereocenters. The number of phenols is 1. The van der Waals surface area contributed by atoms with Gasteiger partial charge < -0.3 is 41.9 Å². The summed E-state index contributed by atoms with van der Waals surface area (Å²) in [5.41, 5.74) is 0.950. The van der Waals surface area contributed by atoms with Crippen LogP contribution >= 0.6 is 0 Å². The number of likely N-dealkylation sites (N-methyl/N-ethyl adjacent to an activating group) is 1. The van der Waals surface area contributed by atoms with Gasteiger partial charge in [-0.3, -0.25) is 24.1 Å². The molecule has 0 heterocycles. The van der Waals surface area contributed by atoms with Gasteiger partial charge in [-0.25, -0.2) is 0 Å². The minimum atomic E-state index is -2.99. The van der Waals surface area contributed by atoms with Crippen LogP contribution in [0.4, 0.5) is 5.69 Å². The van der Waals surface area contributed by atoms with Gasteiger partial charge in [-0.2, -0.15) is 0 Å². The van der Waals surface area contributed by atoms with E-state index in [4.69, 9.17) is 5.73 Å². The Labute approximate surface area is 236 Å². The Kier molecular flexibility index (Phi) is 8.02. The number of primary amides is 1. The molecular weight excluding hydrogens is 536 g/mol. The smallest absolute Gasteiger partial charge is 0.255 e. The van der Waals surface area contributed by atoms with Crippen LogP contribution in [0.2, 0.25) is 0 Å². The van der Waals surface area contributed by atoms with Gasteiger partial charge >= 0.3 is 0 Å². The summed E-state index contributed by atoms with van der Waals surface area (Å²) in [5, 5.41) is 62.3. The number of amides is 2. The highest BCUT2D eigenvalue weighted by Gasteiger charge is 2.68. The number of hydrogen-bond donors (Lipinski definition) is 8. The van der Waals surface area contributed by atoms with Crippen LogP contribution in [0.5, 0.6) is 5.75 Å². The highest BCUT2D eigenvalue weighted by Crippen LogP contribution is 2.56. The molecule has 0 spiro atoms. The van der Waals surface area contributed by atoms with Crippen molar-refractivity contribution in [3.05, 3.63) is 40.2 Å². The number of aromatic hydroxyl groups is 1. The molecule has 222 valence electrons. The molecular formula is C28H36N4O9. The molecule has 1 aromatic carbocycles. The Morgan fingerprint density at radius 3 is 2.39 bits per heavy atom. The van der Waals surface area contributed by atoms with Crippen LogP contribution in [0.15, 0.2) is 29.0 Å². The van der Waals surface area contributed by atoms with E-state index in [-0.39, 0.29) is 17.8 Å². The Morgan fingerprint density at radius 1 is 1.15 bits per heavy atom. The summed E-state index contributed by atoms with van der Waals surface area (Å²) in [6.07, 6.45) is 0.141. The van der Waals surface area contributed by atoms with Gasteiger partial charge in [0.1, 0.15) is 22.8 Å². The lowest BCUT2D eigenvalue weighted by molar-refractivity contribution is -0.169. The number of benzene rings is 1. The van der Waals surface area contributed by atoms with Crippen molar-refractivity contribution < 1.29 is 44.7 Å². The van der Waals surface area contributed by atoms with Gasteiger partial charge in [0.15, 0.2) is 11.4 Å². The maximum atomic E-state index is 14.0. The maximum absolute atomic E-state index is 14.0. The number of nitrogens with zero attached hydrogens (tertiary/aromatic N) is 1. The van der Waals surface area contributed by atoms with E-state index in [1.807, 2.05) is 6.92 Å². The minimum absolute atomic E-state index is 0.0270. The summed E-state index contributed by atoms with van der Waals surface area (Å²) in [4.78, 5) is 53.1. The van der Waals surface area contributed by atoms with Crippen LogP contribution in [0.3, 0.4) is 0 Å². The molecule has 0 aromatic heterocycles. The highest BCUT2D eigenvalue weighted by molar-refractivity contribution is 6.24. The third-order valence-corrected chi connectivity index (χ3v) is 8.40. The van der Waals surface area contributed by atoms with Gasteiger partial charge in [-0.15, -0.1) is 0 Å². The molecule has 2 amide bonds. The first-order valence-electron chi connectivity index (χ1n) is 13.4. The fraction of sp³-hybridized carbons (Fsp3) is 0.500. The number of nitrogens with one attached hydrogen (secondary N) is 2. The SMILES string of the molecule is CCCCNCC(=O)Nc1ccc2c(c1O)C(O)=C1C(=O)[C@]3(O)C(O)=C(C(N)=O)C(=O)[C@@H](N(C)C)[C@@H]3[C@@H](O)C1[C@H]2C. The molecule has 41 heavy (non-hydrogen) atoms. The molecule has 0 aliphatic heterocycles. The minimum Gasteiger partial charge on any atom is -0.508 e. The van der Waals surface area contributed by atoms with Gasteiger partial charge in [-0.1, -0.05) is 26.3 Å². The Morgan fingerprint density at radius 2 is 1.80 bits per heavy atom. The largest absolute Gasteiger partial charge is 0.508 e. The van der Waals surface area contributed by atoms with Crippen LogP contribution in [0, 0.1) is 11.8 Å². The Hall–Kier alpha value is -3.78. The number of fused-ring (bicyclic) bond motifs is 3. The number of Topliss-reactive ketones (excluding diaryl/α,β-unsaturated/α-hetero) is 2. The van der Waals surface area contributed by atoms with Crippen LogP contribution in [0.25, 0.3) is 5.76 Å². The average Bonchev–Trinajstić information content (AvgIpc) is 2.89. The second-order valence-corrected chi connectivity index (χ2v) is 11.1. The maximum Gasteiger partial charge on any atom is 0.255 e. The predicted molar refractivity (Wildman–Crippen MR) is 147 cm³/mol. The van der Waals surface area contributed by atoms with E-state index in [0.717, 1.165) is 12.8 Å². The molecule has 1 saturated carbocycles. The van der Waals surface area contributed by atoms with Crippen molar-refractivity contribution in [1.82, 2.24) is 10.2 Å². The first kappa shape index (κ1) is 30.2. The van der Waals surface area contributed by atoms with Crippen molar-refractivity contribution in [1.29, 1.82) is 0 Å². The lowest BCUT2D eigenvalue weighted by atomic mass is 9.54. The zero-order valence-electron chi connectivity index (χ0n) is 23.3. The number of nitrogens with two attached hydrogens (primary N) is 1. The zero-order valence-corrected chi connectivity index (χ0v) is 23.3. The fourth-order valence-corrected chi connectivity index (χ4v) is 6.42. The van der Waals surface area contributed by atoms with Crippen molar-refractivity contribution in [2.75, 3.05) is 32.5 Å². The van der Waals surface area contributed by atoms with E-state index in [0.29, 0.717) is 12.1 Å². The summed E-state index contributed by atoms with van der Waals surface area (Å²) >= 11 is 0. The van der Waals surface area contributed by atoms with Gasteiger partial charge in [0.25, 0.3) is 5.91 Å². The van der Waals surface area contributed by atoms with Gasteiger partial charge in [0, 0.05) is 11.5 Å². The topological polar surface area (TPSA) is 223 Å². The summed E-state index contributed by atoms with van der Waals surface area (Å²) in [7, 11) is 2.88. The number of hydrogen-bond acceptors (Lipinski definition) is 11. The van der Waals surface area contributed by atoms with Crippen molar-refractivity contribution >= 4 is 34.8 Å². The van der Waals surface area contributed by atoms with Gasteiger partial charge in [0.2, 0.25) is 11.7 Å². The standard InChI is InChI=1S/C28H36N4O9/c1-5-6-9-30-10-14(33)31-13-8-7-12-11(2)15-17(22(35)16(12)21(13)34)25(38)28(41)19(23(15)36)20(32(3)4)24(37)18(26(28)39)27(29)40/h7-8,11,15,19-20,23,30,34-36,39,41H,5-6,9-10H2,1-4H3,(H2,29,40)(H,31,33)/t11-,15?,19+,20-,23-,28-/m0/s1. The van der Waals surface area contributed by atoms with Crippen molar-refractivity contribution in [3.63, 3.8) is 0 Å². The second kappa shape index (κ2) is 10.9. The number of anilines is 1. The molecule has 4 rings (SSSR count). The normalized spacial score (nSPS) is 29.3. The quantitative estimate of drug-likeness (QED) is 0.116. The summed E-state index contributed by atoms with van der Waals surface area (Å²) in [6.45, 7) is 4.24. The number of phenolic OH excluding ortho intramolecular Hbond substituents is 1. The molecule has 0 saturated heterocycles. The molecule has 1 aromatic rings. The summed E-state index contributed by atoms with van der Waals surface area (Å²) in [5.74, 6) is -10.2. The zero-order chi connectivity index (χ0) is 30.5. The number of unbranched alkanes of at least 4 members (excludes halogenated alkanes) is 1. The first-order chi connectivity index (χ1) is 19.2. The molecule has 9 N–H and O–H groups in total. The van der Waals surface area contributed by atoms with Gasteiger partial charge in [0.05, 0.1) is 35.9 Å². The average molecular weight is 573 g/mol. The van der Waals surface area contributed by atoms with Crippen LogP contribution in [-0.4, -0.2) is 98.7 Å². The summed E-state index contributed by atoms with van der Waals surface area (Å²) in [6, 6.07) is 1.54. The van der Waals surface area contributed by atoms with Crippen molar-refractivity contribution in [2.24, 2.45) is 17.6 Å². The van der Waals surface area contributed by atoms with Crippen molar-refractivity contribution in [3.8, 4) is 5.75 Å². The Balaban J connectivity index is 1.85.